The topological polar surface area (TPSA) is 118 Å². The van der Waals surface area contributed by atoms with Crippen molar-refractivity contribution in [2.24, 2.45) is 0 Å². The zero-order valence-corrected chi connectivity index (χ0v) is 27.0. The lowest BCUT2D eigenvalue weighted by Crippen LogP contribution is -2.46. The quantitative estimate of drug-likeness (QED) is 0.278. The number of halogens is 2. The molecule has 14 heteroatoms. The van der Waals surface area contributed by atoms with Crippen LogP contribution in [0.15, 0.2) is 44.6 Å². The molecular formula is C34H37F2N9O3. The molecule has 1 N–H and O–H groups in total. The predicted octanol–water partition coefficient (Wildman–Crippen LogP) is 3.61. The van der Waals surface area contributed by atoms with E-state index in [-0.39, 0.29) is 45.5 Å². The highest BCUT2D eigenvalue weighted by Crippen LogP contribution is 2.39. The molecule has 48 heavy (non-hydrogen) atoms. The van der Waals surface area contributed by atoms with E-state index in [4.69, 9.17) is 4.42 Å². The van der Waals surface area contributed by atoms with Gasteiger partial charge in [-0.25, -0.2) is 13.8 Å². The second kappa shape index (κ2) is 12.1. The number of aromatic nitrogens is 5. The third kappa shape index (κ3) is 5.23. The summed E-state index contributed by atoms with van der Waals surface area (Å²) in [4.78, 5) is 38.4. The van der Waals surface area contributed by atoms with Crippen LogP contribution in [-0.4, -0.2) is 88.1 Å². The van der Waals surface area contributed by atoms with Gasteiger partial charge in [0.1, 0.15) is 22.6 Å². The smallest absolute Gasteiger partial charge is 0.253 e. The van der Waals surface area contributed by atoms with Crippen LogP contribution in [0.1, 0.15) is 32.7 Å². The third-order valence-corrected chi connectivity index (χ3v) is 9.83. The summed E-state index contributed by atoms with van der Waals surface area (Å²) in [5, 5.41) is 11.9. The van der Waals surface area contributed by atoms with E-state index in [0.717, 1.165) is 32.5 Å². The molecule has 0 radical (unpaired) electrons. The summed E-state index contributed by atoms with van der Waals surface area (Å²) in [6.07, 6.45) is 5.15. The molecule has 0 spiro atoms. The third-order valence-electron chi connectivity index (χ3n) is 9.83. The first kappa shape index (κ1) is 30.6. The largest absolute Gasteiger partial charge is 0.416 e. The Kier molecular flexibility index (Phi) is 7.71. The molecule has 0 amide bonds. The summed E-state index contributed by atoms with van der Waals surface area (Å²) < 4.78 is 40.8. The van der Waals surface area contributed by atoms with Gasteiger partial charge in [0.05, 0.1) is 16.6 Å². The molecule has 6 heterocycles. The second-order valence-electron chi connectivity index (χ2n) is 12.7. The van der Waals surface area contributed by atoms with Crippen molar-refractivity contribution in [1.82, 2.24) is 34.5 Å². The van der Waals surface area contributed by atoms with Crippen LogP contribution >= 0.6 is 0 Å². The molecule has 8 rings (SSSR count). The van der Waals surface area contributed by atoms with Gasteiger partial charge >= 0.3 is 0 Å². The van der Waals surface area contributed by atoms with Crippen molar-refractivity contribution >= 4 is 33.4 Å². The minimum absolute atomic E-state index is 0.0707. The molecule has 2 saturated heterocycles. The monoisotopic (exact) mass is 657 g/mol. The summed E-state index contributed by atoms with van der Waals surface area (Å²) in [7, 11) is 0. The van der Waals surface area contributed by atoms with E-state index in [1.54, 1.807) is 23.0 Å². The number of piperazine rings is 2. The number of likely N-dealkylation sites (N-methyl/N-ethyl adjacent to an activating group) is 1. The van der Waals surface area contributed by atoms with E-state index >= 15 is 8.78 Å². The van der Waals surface area contributed by atoms with E-state index in [0.29, 0.717) is 62.7 Å². The summed E-state index contributed by atoms with van der Waals surface area (Å²) >= 11 is 0. The number of hydrogen-bond donors (Lipinski definition) is 1. The van der Waals surface area contributed by atoms with Gasteiger partial charge in [-0.1, -0.05) is 6.92 Å². The normalized spacial score (nSPS) is 17.6. The molecule has 3 fully saturated rings. The average Bonchev–Trinajstić information content (AvgIpc) is 3.85. The number of nitrogens with zero attached hydrogens (tertiary/aromatic N) is 8. The van der Waals surface area contributed by atoms with Crippen LogP contribution in [0.3, 0.4) is 0 Å². The Labute approximate surface area is 274 Å². The molecule has 250 valence electrons. The molecule has 1 aliphatic carbocycles. The standard InChI is InChI=1S/C34H37F2N9O3/c1-3-41-11-13-43(14-12-41)28-17-27-21(15-25(28)35)29(46)24(19-45(27)20-5-6-20)34-40-39-33(48-34)23-18-42(4-2)31-22(30(23)47)16-26(36)32(38-31)44-9-7-37-8-10-44/h15-20,37H,3-14H2,1-2H3. The Balaban J connectivity index is 1.19. The maximum absolute atomic E-state index is 15.6. The van der Waals surface area contributed by atoms with E-state index in [1.807, 2.05) is 21.3 Å². The fraction of sp³-hybridized carbons (Fsp3) is 0.441. The van der Waals surface area contributed by atoms with Crippen molar-refractivity contribution in [3.8, 4) is 22.9 Å². The Morgan fingerprint density at radius 1 is 0.812 bits per heavy atom. The Hall–Kier alpha value is -4.69. The van der Waals surface area contributed by atoms with Crippen LogP contribution in [0.25, 0.3) is 44.8 Å². The Morgan fingerprint density at radius 3 is 2.15 bits per heavy atom. The molecule has 0 bridgehead atoms. The fourth-order valence-electron chi connectivity index (χ4n) is 6.92. The number of benzene rings is 1. The number of fused-ring (bicyclic) bond motifs is 2. The van der Waals surface area contributed by atoms with Gasteiger partial charge in [0.25, 0.3) is 11.8 Å². The van der Waals surface area contributed by atoms with E-state index in [2.05, 4.69) is 32.3 Å². The lowest BCUT2D eigenvalue weighted by atomic mass is 10.1. The van der Waals surface area contributed by atoms with Crippen molar-refractivity contribution < 1.29 is 13.2 Å². The predicted molar refractivity (Wildman–Crippen MR) is 180 cm³/mol. The summed E-state index contributed by atoms with van der Waals surface area (Å²) in [6.45, 7) is 11.2. The second-order valence-corrected chi connectivity index (χ2v) is 12.7. The molecule has 3 aliphatic rings. The van der Waals surface area contributed by atoms with Crippen LogP contribution in [0, 0.1) is 11.6 Å². The van der Waals surface area contributed by atoms with Crippen molar-refractivity contribution in [3.63, 3.8) is 0 Å². The number of nitrogens with one attached hydrogen (secondary N) is 1. The molecule has 4 aromatic heterocycles. The van der Waals surface area contributed by atoms with Crippen LogP contribution in [0.2, 0.25) is 0 Å². The highest BCUT2D eigenvalue weighted by Gasteiger charge is 2.29. The first-order chi connectivity index (χ1) is 23.3. The van der Waals surface area contributed by atoms with Gasteiger partial charge in [0.15, 0.2) is 11.6 Å². The lowest BCUT2D eigenvalue weighted by molar-refractivity contribution is 0.270. The van der Waals surface area contributed by atoms with Gasteiger partial charge in [0, 0.05) is 82.7 Å². The molecule has 1 saturated carbocycles. The van der Waals surface area contributed by atoms with Crippen molar-refractivity contribution in [2.75, 3.05) is 68.7 Å². The van der Waals surface area contributed by atoms with E-state index in [1.165, 1.54) is 12.1 Å². The summed E-state index contributed by atoms with van der Waals surface area (Å²) in [5.41, 5.74) is 0.769. The molecule has 12 nitrogen and oxygen atoms in total. The molecule has 0 atom stereocenters. The lowest BCUT2D eigenvalue weighted by Gasteiger charge is -2.35. The Morgan fingerprint density at radius 2 is 1.48 bits per heavy atom. The highest BCUT2D eigenvalue weighted by atomic mass is 19.1. The van der Waals surface area contributed by atoms with Gasteiger partial charge in [-0.2, -0.15) is 0 Å². The molecule has 0 unspecified atom stereocenters. The van der Waals surface area contributed by atoms with Gasteiger partial charge < -0.3 is 33.6 Å². The molecular weight excluding hydrogens is 620 g/mol. The number of aryl methyl sites for hydroxylation is 1. The number of hydrogen-bond acceptors (Lipinski definition) is 10. The Bertz CT molecular complexity index is 2160. The first-order valence-corrected chi connectivity index (χ1v) is 16.7. The van der Waals surface area contributed by atoms with Crippen LogP contribution in [0.5, 0.6) is 0 Å². The minimum atomic E-state index is -0.581. The molecule has 1 aromatic carbocycles. The van der Waals surface area contributed by atoms with E-state index in [9.17, 15) is 9.59 Å². The maximum atomic E-state index is 15.6. The van der Waals surface area contributed by atoms with E-state index < -0.39 is 22.5 Å². The van der Waals surface area contributed by atoms with Gasteiger partial charge in [-0.15, -0.1) is 10.2 Å². The molecule has 5 aromatic rings. The zero-order chi connectivity index (χ0) is 33.1. The fourth-order valence-corrected chi connectivity index (χ4v) is 6.92. The molecule has 2 aliphatic heterocycles. The minimum Gasteiger partial charge on any atom is -0.416 e. The average molecular weight is 658 g/mol. The highest BCUT2D eigenvalue weighted by molar-refractivity contribution is 5.87. The van der Waals surface area contributed by atoms with Crippen LogP contribution < -0.4 is 26.0 Å². The number of anilines is 2. The summed E-state index contributed by atoms with van der Waals surface area (Å²) in [6, 6.07) is 4.49. The van der Waals surface area contributed by atoms with Crippen LogP contribution in [0.4, 0.5) is 20.3 Å². The maximum Gasteiger partial charge on any atom is 0.253 e. The van der Waals surface area contributed by atoms with Gasteiger partial charge in [0.2, 0.25) is 10.9 Å². The van der Waals surface area contributed by atoms with Gasteiger partial charge in [-0.3, -0.25) is 9.59 Å². The zero-order valence-electron chi connectivity index (χ0n) is 27.0. The number of pyridine rings is 3. The number of rotatable bonds is 7. The van der Waals surface area contributed by atoms with Crippen LogP contribution in [-0.2, 0) is 6.54 Å². The SMILES string of the molecule is CCN1CCN(c2cc3c(cc2F)c(=O)c(-c2nnc(-c4cn(CC)c5nc(N6CCNCC6)c(F)cc5c4=O)o2)cn3C2CC2)CC1. The van der Waals surface area contributed by atoms with Crippen molar-refractivity contribution in [2.45, 2.75) is 39.3 Å². The van der Waals surface area contributed by atoms with Gasteiger partial charge in [-0.05, 0) is 44.5 Å². The summed E-state index contributed by atoms with van der Waals surface area (Å²) in [5.74, 6) is -0.997. The van der Waals surface area contributed by atoms with Crippen molar-refractivity contribution in [3.05, 3.63) is 62.7 Å². The first-order valence-electron chi connectivity index (χ1n) is 16.7. The van der Waals surface area contributed by atoms with Crippen molar-refractivity contribution in [1.29, 1.82) is 0 Å².